The van der Waals surface area contributed by atoms with Crippen LogP contribution in [0.4, 0.5) is 0 Å². The number of methoxy groups -OCH3 is 1. The monoisotopic (exact) mass is 220 g/mol. The Morgan fingerprint density at radius 2 is 1.88 bits per heavy atom. The highest BCUT2D eigenvalue weighted by Gasteiger charge is 1.95. The van der Waals surface area contributed by atoms with Crippen molar-refractivity contribution < 1.29 is 14.6 Å². The summed E-state index contributed by atoms with van der Waals surface area (Å²) in [5.41, 5.74) is 1.45. The molecule has 0 saturated carbocycles. The van der Waals surface area contributed by atoms with Crippen molar-refractivity contribution in [3.63, 3.8) is 0 Å². The van der Waals surface area contributed by atoms with Crippen LogP contribution in [0.2, 0.25) is 0 Å². The van der Waals surface area contributed by atoms with E-state index in [9.17, 15) is 4.79 Å². The van der Waals surface area contributed by atoms with Gasteiger partial charge in [-0.2, -0.15) is 0 Å². The molecule has 0 atom stereocenters. The largest absolute Gasteiger partial charge is 0.508 e. The van der Waals surface area contributed by atoms with Gasteiger partial charge >= 0.3 is 5.97 Å². The summed E-state index contributed by atoms with van der Waals surface area (Å²) in [5, 5.41) is 8.82. The average molecular weight is 220 g/mol. The molecule has 16 heavy (non-hydrogen) atoms. The first-order valence-corrected chi connectivity index (χ1v) is 4.66. The van der Waals surface area contributed by atoms with Gasteiger partial charge < -0.3 is 9.84 Å². The predicted octanol–water partition coefficient (Wildman–Crippen LogP) is 2.77. The standard InChI is InChI=1S/C8H8O.C5H8O2/c1-2-7-3-5-8(9)6-4-7;1-4(2)5(6)7-3/h2-6,9H,1H2;1H2,2-3H3. The molecular formula is C13H16O3. The molecule has 0 amide bonds. The SMILES string of the molecule is C=C(C)C(=O)OC.C=Cc1ccc(O)cc1. The fourth-order valence-corrected chi connectivity index (χ4v) is 0.785. The average Bonchev–Trinajstić information content (AvgIpc) is 2.29. The number of esters is 1. The normalized spacial score (nSPS) is 8.38. The third kappa shape index (κ3) is 5.65. The van der Waals surface area contributed by atoms with Crippen LogP contribution in [-0.2, 0) is 9.53 Å². The van der Waals surface area contributed by atoms with Crippen LogP contribution in [0.1, 0.15) is 12.5 Å². The van der Waals surface area contributed by atoms with Gasteiger partial charge in [-0.3, -0.25) is 0 Å². The maximum Gasteiger partial charge on any atom is 0.332 e. The van der Waals surface area contributed by atoms with Gasteiger partial charge in [-0.25, -0.2) is 4.79 Å². The molecular weight excluding hydrogens is 204 g/mol. The molecule has 1 aromatic carbocycles. The van der Waals surface area contributed by atoms with Crippen LogP contribution < -0.4 is 0 Å². The van der Waals surface area contributed by atoms with Crippen molar-refractivity contribution in [2.24, 2.45) is 0 Å². The first-order valence-electron chi connectivity index (χ1n) is 4.66. The van der Waals surface area contributed by atoms with Crippen molar-refractivity contribution in [1.29, 1.82) is 0 Å². The Kier molecular flexibility index (Phi) is 6.36. The third-order valence-corrected chi connectivity index (χ3v) is 1.66. The highest BCUT2D eigenvalue weighted by molar-refractivity contribution is 5.86. The van der Waals surface area contributed by atoms with E-state index in [-0.39, 0.29) is 5.97 Å². The Morgan fingerprint density at radius 1 is 1.38 bits per heavy atom. The van der Waals surface area contributed by atoms with Crippen LogP contribution in [0.5, 0.6) is 5.75 Å². The minimum absolute atomic E-state index is 0.292. The second kappa shape index (κ2) is 7.29. The maximum absolute atomic E-state index is 10.2. The number of rotatable bonds is 2. The maximum atomic E-state index is 10.2. The van der Waals surface area contributed by atoms with Gasteiger partial charge in [0.15, 0.2) is 0 Å². The lowest BCUT2D eigenvalue weighted by atomic mass is 10.2. The molecule has 0 bridgehead atoms. The van der Waals surface area contributed by atoms with Gasteiger partial charge in [0.2, 0.25) is 0 Å². The number of phenolic OH excluding ortho intramolecular Hbond substituents is 1. The van der Waals surface area contributed by atoms with E-state index in [1.54, 1.807) is 25.1 Å². The number of hydrogen-bond donors (Lipinski definition) is 1. The molecule has 1 rings (SSSR count). The first-order chi connectivity index (χ1) is 7.51. The molecule has 0 aliphatic carbocycles. The Hall–Kier alpha value is -2.03. The van der Waals surface area contributed by atoms with Gasteiger partial charge in [-0.05, 0) is 24.6 Å². The topological polar surface area (TPSA) is 46.5 Å². The molecule has 0 heterocycles. The molecule has 0 spiro atoms. The number of ether oxygens (including phenoxy) is 1. The van der Waals surface area contributed by atoms with E-state index in [2.05, 4.69) is 17.9 Å². The van der Waals surface area contributed by atoms with Gasteiger partial charge in [0.25, 0.3) is 0 Å². The number of aromatic hydroxyl groups is 1. The van der Waals surface area contributed by atoms with Crippen molar-refractivity contribution in [3.8, 4) is 5.75 Å². The van der Waals surface area contributed by atoms with Crippen molar-refractivity contribution in [1.82, 2.24) is 0 Å². The summed E-state index contributed by atoms with van der Waals surface area (Å²) in [6, 6.07) is 6.89. The van der Waals surface area contributed by atoms with Gasteiger partial charge in [0, 0.05) is 5.57 Å². The van der Waals surface area contributed by atoms with Crippen molar-refractivity contribution in [2.75, 3.05) is 7.11 Å². The Labute approximate surface area is 95.7 Å². The van der Waals surface area contributed by atoms with Crippen molar-refractivity contribution in [2.45, 2.75) is 6.92 Å². The summed E-state index contributed by atoms with van der Waals surface area (Å²) < 4.78 is 4.27. The Morgan fingerprint density at radius 3 is 2.12 bits per heavy atom. The Balaban J connectivity index is 0.000000293. The van der Waals surface area contributed by atoms with E-state index in [4.69, 9.17) is 5.11 Å². The molecule has 0 unspecified atom stereocenters. The molecule has 0 saturated heterocycles. The van der Waals surface area contributed by atoms with E-state index in [0.29, 0.717) is 11.3 Å². The second-order valence-electron chi connectivity index (χ2n) is 3.07. The van der Waals surface area contributed by atoms with Crippen LogP contribution in [0.15, 0.2) is 43.0 Å². The molecule has 3 nitrogen and oxygen atoms in total. The summed E-state index contributed by atoms with van der Waals surface area (Å²) in [7, 11) is 1.33. The van der Waals surface area contributed by atoms with Crippen molar-refractivity contribution >= 4 is 12.0 Å². The molecule has 1 N–H and O–H groups in total. The summed E-state index contributed by atoms with van der Waals surface area (Å²) in [5.74, 6) is -0.0550. The number of carbonyl (C=O) groups is 1. The fraction of sp³-hybridized carbons (Fsp3) is 0.154. The predicted molar refractivity (Wildman–Crippen MR) is 65.0 cm³/mol. The van der Waals surface area contributed by atoms with Crippen LogP contribution in [0.25, 0.3) is 6.08 Å². The van der Waals surface area contributed by atoms with Crippen LogP contribution in [0, 0.1) is 0 Å². The van der Waals surface area contributed by atoms with Crippen LogP contribution in [-0.4, -0.2) is 18.2 Å². The fourth-order valence-electron chi connectivity index (χ4n) is 0.785. The number of carbonyl (C=O) groups excluding carboxylic acids is 1. The summed E-state index contributed by atoms with van der Waals surface area (Å²) in [4.78, 5) is 10.2. The van der Waals surface area contributed by atoms with Gasteiger partial charge in [-0.15, -0.1) is 0 Å². The molecule has 0 fully saturated rings. The minimum atomic E-state index is -0.347. The van der Waals surface area contributed by atoms with Crippen molar-refractivity contribution in [3.05, 3.63) is 48.6 Å². The molecule has 0 radical (unpaired) electrons. The quantitative estimate of drug-likeness (QED) is 0.615. The molecule has 3 heteroatoms. The molecule has 0 aliphatic rings. The van der Waals surface area contributed by atoms with E-state index >= 15 is 0 Å². The molecule has 86 valence electrons. The molecule has 0 aliphatic heterocycles. The zero-order valence-corrected chi connectivity index (χ0v) is 9.56. The lowest BCUT2D eigenvalue weighted by Crippen LogP contribution is -1.98. The lowest BCUT2D eigenvalue weighted by molar-refractivity contribution is -0.136. The molecule has 1 aromatic rings. The zero-order chi connectivity index (χ0) is 12.6. The van der Waals surface area contributed by atoms with Crippen LogP contribution in [0.3, 0.4) is 0 Å². The van der Waals surface area contributed by atoms with E-state index in [0.717, 1.165) is 5.56 Å². The summed E-state index contributed by atoms with van der Waals surface area (Å²) in [6.07, 6.45) is 1.74. The summed E-state index contributed by atoms with van der Waals surface area (Å²) >= 11 is 0. The summed E-state index contributed by atoms with van der Waals surface area (Å²) in [6.45, 7) is 8.53. The first kappa shape index (κ1) is 14.0. The van der Waals surface area contributed by atoms with E-state index in [1.165, 1.54) is 7.11 Å². The van der Waals surface area contributed by atoms with Gasteiger partial charge in [0.05, 0.1) is 7.11 Å². The molecule has 0 aromatic heterocycles. The van der Waals surface area contributed by atoms with E-state index in [1.807, 2.05) is 12.1 Å². The highest BCUT2D eigenvalue weighted by Crippen LogP contribution is 2.09. The lowest BCUT2D eigenvalue weighted by Gasteiger charge is -1.91. The van der Waals surface area contributed by atoms with Gasteiger partial charge in [0.1, 0.15) is 5.75 Å². The number of benzene rings is 1. The Bertz CT molecular complexity index is 363. The third-order valence-electron chi connectivity index (χ3n) is 1.66. The highest BCUT2D eigenvalue weighted by atomic mass is 16.5. The number of hydrogen-bond acceptors (Lipinski definition) is 3. The minimum Gasteiger partial charge on any atom is -0.508 e. The van der Waals surface area contributed by atoms with Gasteiger partial charge in [-0.1, -0.05) is 31.4 Å². The smallest absolute Gasteiger partial charge is 0.332 e. The van der Waals surface area contributed by atoms with E-state index < -0.39 is 0 Å². The second-order valence-corrected chi connectivity index (χ2v) is 3.07. The van der Waals surface area contributed by atoms with Crippen LogP contribution >= 0.6 is 0 Å². The number of phenols is 1. The zero-order valence-electron chi connectivity index (χ0n) is 9.56.